The third-order valence-corrected chi connectivity index (χ3v) is 4.21. The van der Waals surface area contributed by atoms with E-state index in [1.807, 2.05) is 0 Å². The lowest BCUT2D eigenvalue weighted by atomic mass is 10.2. The third-order valence-electron chi connectivity index (χ3n) is 2.96. The summed E-state index contributed by atoms with van der Waals surface area (Å²) in [6, 6.07) is 10.2. The van der Waals surface area contributed by atoms with Gasteiger partial charge in [0.05, 0.1) is 0 Å². The molecule has 0 unspecified atom stereocenters. The van der Waals surface area contributed by atoms with Gasteiger partial charge in [-0.3, -0.25) is 4.98 Å². The molecule has 22 heavy (non-hydrogen) atoms. The molecule has 0 aliphatic heterocycles. The summed E-state index contributed by atoms with van der Waals surface area (Å²) in [5, 5.41) is 0.662. The van der Waals surface area contributed by atoms with Crippen LogP contribution >= 0.6 is 0 Å². The Kier molecular flexibility index (Phi) is 3.50. The first-order chi connectivity index (χ1) is 10.5. The monoisotopic (exact) mass is 321 g/mol. The molecule has 0 saturated heterocycles. The summed E-state index contributed by atoms with van der Waals surface area (Å²) < 4.78 is 56.1. The summed E-state index contributed by atoms with van der Waals surface area (Å²) in [4.78, 5) is 3.18. The Morgan fingerprint density at radius 2 is 1.77 bits per heavy atom. The number of benzene rings is 2. The van der Waals surface area contributed by atoms with Crippen LogP contribution in [0.2, 0.25) is 0 Å². The van der Waals surface area contributed by atoms with E-state index in [2.05, 4.69) is 4.98 Å². The Bertz CT molecular complexity index is 953. The highest BCUT2D eigenvalue weighted by atomic mass is 32.2. The van der Waals surface area contributed by atoms with Crippen molar-refractivity contribution in [2.45, 2.75) is 4.90 Å². The number of hydrogen-bond donors (Lipinski definition) is 0. The van der Waals surface area contributed by atoms with Crippen molar-refractivity contribution in [2.24, 2.45) is 0 Å². The molecule has 2 aromatic carbocycles. The molecule has 0 amide bonds. The summed E-state index contributed by atoms with van der Waals surface area (Å²) in [7, 11) is -4.51. The second-order valence-electron chi connectivity index (χ2n) is 4.44. The Labute approximate surface area is 125 Å². The predicted octanol–water partition coefficient (Wildman–Crippen LogP) is 3.28. The van der Waals surface area contributed by atoms with E-state index in [9.17, 15) is 17.2 Å². The molecule has 0 fully saturated rings. The van der Waals surface area contributed by atoms with Crippen molar-refractivity contribution < 1.29 is 21.4 Å². The van der Waals surface area contributed by atoms with Crippen LogP contribution in [0, 0.1) is 11.6 Å². The average molecular weight is 321 g/mol. The van der Waals surface area contributed by atoms with Gasteiger partial charge >= 0.3 is 10.1 Å². The van der Waals surface area contributed by atoms with Gasteiger partial charge in [-0.1, -0.05) is 18.2 Å². The normalized spacial score (nSPS) is 11.5. The van der Waals surface area contributed by atoms with Gasteiger partial charge in [-0.15, -0.1) is 0 Å². The molecule has 0 saturated carbocycles. The fourth-order valence-corrected chi connectivity index (χ4v) is 3.00. The maximum Gasteiger partial charge on any atom is 0.342 e. The van der Waals surface area contributed by atoms with Crippen molar-refractivity contribution in [2.75, 3.05) is 0 Å². The van der Waals surface area contributed by atoms with Crippen LogP contribution in [0.25, 0.3) is 10.9 Å². The van der Waals surface area contributed by atoms with Gasteiger partial charge in [-0.25, -0.2) is 8.78 Å². The Morgan fingerprint density at radius 1 is 1.00 bits per heavy atom. The van der Waals surface area contributed by atoms with Crippen molar-refractivity contribution >= 4 is 21.0 Å². The van der Waals surface area contributed by atoms with E-state index in [1.54, 1.807) is 24.3 Å². The van der Waals surface area contributed by atoms with Crippen LogP contribution in [0.4, 0.5) is 8.78 Å². The SMILES string of the molecule is O=S(=O)(Oc1cccc2cccnc12)c1cc(F)ccc1F. The van der Waals surface area contributed by atoms with E-state index in [0.717, 1.165) is 12.1 Å². The first kappa shape index (κ1) is 14.4. The highest BCUT2D eigenvalue weighted by Crippen LogP contribution is 2.27. The lowest BCUT2D eigenvalue weighted by molar-refractivity contribution is 0.475. The first-order valence-corrected chi connectivity index (χ1v) is 7.61. The molecule has 0 radical (unpaired) electrons. The Hall–Kier alpha value is -2.54. The van der Waals surface area contributed by atoms with Gasteiger partial charge in [0, 0.05) is 11.6 Å². The molecule has 1 aromatic heterocycles. The number of fused-ring (bicyclic) bond motifs is 1. The smallest absolute Gasteiger partial charge is 0.342 e. The predicted molar refractivity (Wildman–Crippen MR) is 75.9 cm³/mol. The lowest BCUT2D eigenvalue weighted by Gasteiger charge is -2.09. The van der Waals surface area contributed by atoms with Crippen LogP contribution in [-0.4, -0.2) is 13.4 Å². The number of pyridine rings is 1. The maximum atomic E-state index is 13.6. The van der Waals surface area contributed by atoms with Crippen LogP contribution in [0.5, 0.6) is 5.75 Å². The van der Waals surface area contributed by atoms with Gasteiger partial charge < -0.3 is 4.18 Å². The number of rotatable bonds is 3. The molecular formula is C15H9F2NO3S. The van der Waals surface area contributed by atoms with E-state index >= 15 is 0 Å². The number of aromatic nitrogens is 1. The molecule has 0 atom stereocenters. The number of hydrogen-bond acceptors (Lipinski definition) is 4. The molecule has 0 aliphatic carbocycles. The molecule has 3 rings (SSSR count). The third kappa shape index (κ3) is 2.62. The summed E-state index contributed by atoms with van der Waals surface area (Å²) in [6.45, 7) is 0. The van der Waals surface area contributed by atoms with Crippen molar-refractivity contribution in [3.63, 3.8) is 0 Å². The fraction of sp³-hybridized carbons (Fsp3) is 0. The topological polar surface area (TPSA) is 56.3 Å². The van der Waals surface area contributed by atoms with Gasteiger partial charge in [-0.05, 0) is 30.3 Å². The zero-order chi connectivity index (χ0) is 15.7. The quantitative estimate of drug-likeness (QED) is 0.695. The molecule has 112 valence electrons. The summed E-state index contributed by atoms with van der Waals surface area (Å²) in [5.41, 5.74) is 0.311. The van der Waals surface area contributed by atoms with Gasteiger partial charge in [-0.2, -0.15) is 8.42 Å². The van der Waals surface area contributed by atoms with E-state index < -0.39 is 26.6 Å². The number of halogens is 2. The van der Waals surface area contributed by atoms with Crippen LogP contribution in [-0.2, 0) is 10.1 Å². The molecule has 1 heterocycles. The Balaban J connectivity index is 2.09. The van der Waals surface area contributed by atoms with Gasteiger partial charge in [0.15, 0.2) is 5.75 Å². The van der Waals surface area contributed by atoms with E-state index in [-0.39, 0.29) is 5.75 Å². The minimum atomic E-state index is -4.51. The molecule has 7 heteroatoms. The van der Waals surface area contributed by atoms with E-state index in [0.29, 0.717) is 17.0 Å². The molecule has 0 aliphatic rings. The van der Waals surface area contributed by atoms with Crippen LogP contribution < -0.4 is 4.18 Å². The van der Waals surface area contributed by atoms with Crippen LogP contribution in [0.1, 0.15) is 0 Å². The maximum absolute atomic E-state index is 13.6. The van der Waals surface area contributed by atoms with Crippen molar-refractivity contribution in [1.29, 1.82) is 0 Å². The fourth-order valence-electron chi connectivity index (χ4n) is 1.98. The van der Waals surface area contributed by atoms with Crippen LogP contribution in [0.3, 0.4) is 0 Å². The molecule has 3 aromatic rings. The Morgan fingerprint density at radius 3 is 2.59 bits per heavy atom. The second-order valence-corrected chi connectivity index (χ2v) is 5.96. The second kappa shape index (κ2) is 5.34. The van der Waals surface area contributed by atoms with Crippen LogP contribution in [0.15, 0.2) is 59.6 Å². The zero-order valence-electron chi connectivity index (χ0n) is 11.0. The summed E-state index contributed by atoms with van der Waals surface area (Å²) in [6.07, 6.45) is 1.48. The van der Waals surface area contributed by atoms with Crippen molar-refractivity contribution in [1.82, 2.24) is 4.98 Å². The average Bonchev–Trinajstić information content (AvgIpc) is 2.50. The number of para-hydroxylation sites is 1. The summed E-state index contributed by atoms with van der Waals surface area (Å²) >= 11 is 0. The highest BCUT2D eigenvalue weighted by Gasteiger charge is 2.23. The molecule has 0 N–H and O–H groups in total. The van der Waals surface area contributed by atoms with Crippen molar-refractivity contribution in [3.8, 4) is 5.75 Å². The lowest BCUT2D eigenvalue weighted by Crippen LogP contribution is -2.12. The zero-order valence-corrected chi connectivity index (χ0v) is 11.8. The minimum absolute atomic E-state index is 0.0539. The molecule has 0 bridgehead atoms. The van der Waals surface area contributed by atoms with Gasteiger partial charge in [0.1, 0.15) is 22.0 Å². The highest BCUT2D eigenvalue weighted by molar-refractivity contribution is 7.87. The molecular weight excluding hydrogens is 312 g/mol. The minimum Gasteiger partial charge on any atom is -0.377 e. The number of nitrogens with zero attached hydrogens (tertiary/aromatic N) is 1. The summed E-state index contributed by atoms with van der Waals surface area (Å²) in [5.74, 6) is -2.02. The van der Waals surface area contributed by atoms with E-state index in [1.165, 1.54) is 12.3 Å². The van der Waals surface area contributed by atoms with Gasteiger partial charge in [0.25, 0.3) is 0 Å². The first-order valence-electron chi connectivity index (χ1n) is 6.21. The van der Waals surface area contributed by atoms with Crippen molar-refractivity contribution in [3.05, 3.63) is 66.4 Å². The van der Waals surface area contributed by atoms with E-state index in [4.69, 9.17) is 4.18 Å². The largest absolute Gasteiger partial charge is 0.377 e. The molecule has 4 nitrogen and oxygen atoms in total. The molecule has 0 spiro atoms. The standard InChI is InChI=1S/C15H9F2NO3S/c16-11-6-7-12(17)14(9-11)22(19,20)21-13-5-1-3-10-4-2-8-18-15(10)13/h1-9H. The van der Waals surface area contributed by atoms with Gasteiger partial charge in [0.2, 0.25) is 0 Å².